The molecule has 4 heteroatoms. The van der Waals surface area contributed by atoms with E-state index in [0.717, 1.165) is 0 Å². The molecule has 9 heavy (non-hydrogen) atoms. The highest BCUT2D eigenvalue weighted by molar-refractivity contribution is 14.1. The summed E-state index contributed by atoms with van der Waals surface area (Å²) in [5.41, 5.74) is 5.80. The SMILES string of the molecule is [2H]c1nc(Br)c([2H])c(N)c1I. The summed E-state index contributed by atoms with van der Waals surface area (Å²) < 4.78 is 15.5. The lowest BCUT2D eigenvalue weighted by Crippen LogP contribution is -1.89. The van der Waals surface area contributed by atoms with E-state index in [1.54, 1.807) is 0 Å². The van der Waals surface area contributed by atoms with Gasteiger partial charge in [0.1, 0.15) is 4.60 Å². The second kappa shape index (κ2) is 2.83. The Hall–Kier alpha value is 0.160. The van der Waals surface area contributed by atoms with Crippen LogP contribution in [0.25, 0.3) is 0 Å². The van der Waals surface area contributed by atoms with E-state index in [-0.39, 0.29) is 12.2 Å². The molecule has 0 amide bonds. The maximum atomic E-state index is 7.36. The molecule has 0 saturated heterocycles. The van der Waals surface area contributed by atoms with Gasteiger partial charge < -0.3 is 5.73 Å². The van der Waals surface area contributed by atoms with Gasteiger partial charge in [-0.3, -0.25) is 0 Å². The molecule has 1 aromatic heterocycles. The zero-order valence-electron chi connectivity index (χ0n) is 6.28. The van der Waals surface area contributed by atoms with Crippen LogP contribution in [0.1, 0.15) is 2.74 Å². The van der Waals surface area contributed by atoms with E-state index in [1.807, 2.05) is 22.6 Å². The van der Waals surface area contributed by atoms with Crippen LogP contribution in [0.15, 0.2) is 16.8 Å². The third kappa shape index (κ3) is 1.79. The molecule has 2 nitrogen and oxygen atoms in total. The van der Waals surface area contributed by atoms with Gasteiger partial charge in [0, 0.05) is 11.9 Å². The number of nitrogens with two attached hydrogens (primary N) is 1. The van der Waals surface area contributed by atoms with Crippen LogP contribution in [-0.4, -0.2) is 4.98 Å². The van der Waals surface area contributed by atoms with Crippen molar-refractivity contribution in [3.8, 4) is 0 Å². The number of anilines is 1. The van der Waals surface area contributed by atoms with Crippen molar-refractivity contribution >= 4 is 44.2 Å². The molecule has 0 spiro atoms. The first-order chi connectivity index (χ1) is 5.04. The molecule has 0 radical (unpaired) electrons. The summed E-state index contributed by atoms with van der Waals surface area (Å²) in [5, 5.41) is 0. The molecule has 0 aliphatic carbocycles. The summed E-state index contributed by atoms with van der Waals surface area (Å²) in [6.07, 6.45) is 0.103. The van der Waals surface area contributed by atoms with Gasteiger partial charge in [-0.25, -0.2) is 4.98 Å². The van der Waals surface area contributed by atoms with Crippen molar-refractivity contribution in [1.82, 2.24) is 4.98 Å². The van der Waals surface area contributed by atoms with Gasteiger partial charge in [0.05, 0.1) is 6.31 Å². The number of pyridine rings is 1. The van der Waals surface area contributed by atoms with Crippen molar-refractivity contribution in [2.75, 3.05) is 5.73 Å². The molecule has 1 rings (SSSR count). The van der Waals surface area contributed by atoms with Crippen LogP contribution in [0.3, 0.4) is 0 Å². The summed E-state index contributed by atoms with van der Waals surface area (Å²) in [6, 6.07) is 0.144. The molecular weight excluding hydrogens is 295 g/mol. The Morgan fingerprint density at radius 1 is 1.89 bits per heavy atom. The third-order valence-corrected chi connectivity index (χ3v) is 1.92. The third-order valence-electron chi connectivity index (χ3n) is 0.727. The van der Waals surface area contributed by atoms with Gasteiger partial charge in [-0.1, -0.05) is 0 Å². The number of nitrogens with zero attached hydrogens (tertiary/aromatic N) is 1. The quantitative estimate of drug-likeness (QED) is 0.588. The predicted octanol–water partition coefficient (Wildman–Crippen LogP) is 2.03. The fourth-order valence-electron chi connectivity index (χ4n) is 0.352. The Labute approximate surface area is 77.9 Å². The van der Waals surface area contributed by atoms with Crippen molar-refractivity contribution in [2.45, 2.75) is 0 Å². The minimum Gasteiger partial charge on any atom is -0.398 e. The smallest absolute Gasteiger partial charge is 0.108 e. The van der Waals surface area contributed by atoms with Gasteiger partial charge in [0.2, 0.25) is 0 Å². The van der Waals surface area contributed by atoms with Crippen LogP contribution >= 0.6 is 38.5 Å². The number of aromatic nitrogens is 1. The van der Waals surface area contributed by atoms with Gasteiger partial charge in [0.15, 0.2) is 0 Å². The molecule has 0 aromatic carbocycles. The maximum Gasteiger partial charge on any atom is 0.108 e. The van der Waals surface area contributed by atoms with Gasteiger partial charge in [-0.15, -0.1) is 0 Å². The Bertz CT molecular complexity index is 279. The number of rotatable bonds is 0. The van der Waals surface area contributed by atoms with Crippen molar-refractivity contribution in [3.63, 3.8) is 0 Å². The van der Waals surface area contributed by atoms with Gasteiger partial charge >= 0.3 is 0 Å². The number of halogens is 2. The van der Waals surface area contributed by atoms with Crippen molar-refractivity contribution in [3.05, 3.63) is 20.4 Å². The van der Waals surface area contributed by atoms with Crippen LogP contribution in [0, 0.1) is 3.57 Å². The first kappa shape index (κ1) is 4.90. The second-order valence-corrected chi connectivity index (χ2v) is 3.20. The van der Waals surface area contributed by atoms with Gasteiger partial charge in [-0.05, 0) is 44.6 Å². The highest BCUT2D eigenvalue weighted by atomic mass is 127. The highest BCUT2D eigenvalue weighted by Crippen LogP contribution is 2.16. The Morgan fingerprint density at radius 3 is 3.22 bits per heavy atom. The summed E-state index contributed by atoms with van der Waals surface area (Å²) in [6.45, 7) is 0. The molecule has 1 aromatic rings. The molecule has 0 unspecified atom stereocenters. The zero-order valence-corrected chi connectivity index (χ0v) is 8.02. The predicted molar refractivity (Wildman–Crippen MR) is 49.1 cm³/mol. The number of hydrogen-bond acceptors (Lipinski definition) is 2. The minimum absolute atomic E-state index is 0.103. The van der Waals surface area contributed by atoms with E-state index in [1.165, 1.54) is 0 Å². The standard InChI is InChI=1S/C5H4BrIN2/c6-5-1-4(8)3(7)2-9-5/h1-2H,(H2,8,9)/i1D,2D. The molecule has 48 valence electrons. The molecule has 1 heterocycles. The monoisotopic (exact) mass is 300 g/mol. The van der Waals surface area contributed by atoms with E-state index in [0.29, 0.717) is 13.9 Å². The fourth-order valence-corrected chi connectivity index (χ4v) is 0.910. The number of nitrogen functional groups attached to an aromatic ring is 1. The van der Waals surface area contributed by atoms with Crippen molar-refractivity contribution in [2.24, 2.45) is 0 Å². The zero-order chi connectivity index (χ0) is 8.59. The fraction of sp³-hybridized carbons (Fsp3) is 0. The minimum atomic E-state index is 0.103. The summed E-state index contributed by atoms with van der Waals surface area (Å²) in [7, 11) is 0. The van der Waals surface area contributed by atoms with Crippen LogP contribution in [0.5, 0.6) is 0 Å². The number of hydrogen-bond donors (Lipinski definition) is 1. The molecule has 0 saturated carbocycles. The summed E-state index contributed by atoms with van der Waals surface area (Å²) in [5.74, 6) is 0. The molecule has 2 N–H and O–H groups in total. The lowest BCUT2D eigenvalue weighted by Gasteiger charge is -1.94. The Balaban J connectivity index is 3.46. The van der Waals surface area contributed by atoms with E-state index >= 15 is 0 Å². The van der Waals surface area contributed by atoms with Crippen LogP contribution in [0.2, 0.25) is 0 Å². The van der Waals surface area contributed by atoms with Crippen LogP contribution in [-0.2, 0) is 0 Å². The van der Waals surface area contributed by atoms with Gasteiger partial charge in [0.25, 0.3) is 0 Å². The van der Waals surface area contributed by atoms with E-state index in [2.05, 4.69) is 20.9 Å². The normalized spacial score (nSPS) is 12.7. The van der Waals surface area contributed by atoms with E-state index < -0.39 is 0 Å². The molecule has 0 aliphatic heterocycles. The largest absolute Gasteiger partial charge is 0.398 e. The van der Waals surface area contributed by atoms with Crippen LogP contribution < -0.4 is 5.73 Å². The average molecular weight is 301 g/mol. The first-order valence-electron chi connectivity index (χ1n) is 3.11. The average Bonchev–Trinajstić information content (AvgIpc) is 1.97. The lowest BCUT2D eigenvalue weighted by molar-refractivity contribution is 1.26. The Morgan fingerprint density at radius 2 is 2.56 bits per heavy atom. The Kier molecular flexibility index (Phi) is 1.54. The van der Waals surface area contributed by atoms with Gasteiger partial charge in [-0.2, -0.15) is 0 Å². The second-order valence-electron chi connectivity index (χ2n) is 1.37. The summed E-state index contributed by atoms with van der Waals surface area (Å²) >= 11 is 4.92. The summed E-state index contributed by atoms with van der Waals surface area (Å²) in [4.78, 5) is 3.74. The highest BCUT2D eigenvalue weighted by Gasteiger charge is 1.93. The molecule has 0 bridgehead atoms. The van der Waals surface area contributed by atoms with Crippen molar-refractivity contribution < 1.29 is 2.74 Å². The lowest BCUT2D eigenvalue weighted by atomic mass is 10.4. The topological polar surface area (TPSA) is 38.9 Å². The molecule has 0 atom stereocenters. The molecular formula is C5H4BrIN2. The van der Waals surface area contributed by atoms with Crippen LogP contribution in [0.4, 0.5) is 5.69 Å². The molecule has 0 fully saturated rings. The molecule has 0 aliphatic rings. The van der Waals surface area contributed by atoms with E-state index in [9.17, 15) is 0 Å². The van der Waals surface area contributed by atoms with Crippen molar-refractivity contribution in [1.29, 1.82) is 0 Å². The first-order valence-corrected chi connectivity index (χ1v) is 3.99. The van der Waals surface area contributed by atoms with E-state index in [4.69, 9.17) is 8.48 Å². The maximum absolute atomic E-state index is 7.36.